The average molecular weight is 453 g/mol. The van der Waals surface area contributed by atoms with Gasteiger partial charge in [0.15, 0.2) is 6.10 Å². The van der Waals surface area contributed by atoms with Crippen LogP contribution in [0.4, 0.5) is 0 Å². The summed E-state index contributed by atoms with van der Waals surface area (Å²) in [7, 11) is -3.58. The highest BCUT2D eigenvalue weighted by Gasteiger charge is 2.31. The highest BCUT2D eigenvalue weighted by atomic mass is 32.2. The Morgan fingerprint density at radius 3 is 2.10 bits per heavy atom. The summed E-state index contributed by atoms with van der Waals surface area (Å²) in [5, 5.41) is 0. The predicted molar refractivity (Wildman–Crippen MR) is 115 cm³/mol. The van der Waals surface area contributed by atoms with E-state index in [1.54, 1.807) is 11.8 Å². The van der Waals surface area contributed by atoms with Crippen molar-refractivity contribution in [3.63, 3.8) is 0 Å². The first-order chi connectivity index (χ1) is 14.7. The Labute approximate surface area is 184 Å². The molecule has 31 heavy (non-hydrogen) atoms. The molecule has 0 radical (unpaired) electrons. The van der Waals surface area contributed by atoms with Gasteiger partial charge in [0.1, 0.15) is 0 Å². The first-order valence-electron chi connectivity index (χ1n) is 10.9. The van der Waals surface area contributed by atoms with Gasteiger partial charge < -0.3 is 14.4 Å². The van der Waals surface area contributed by atoms with Gasteiger partial charge in [0, 0.05) is 26.2 Å². The topological polar surface area (TPSA) is 93.2 Å². The lowest BCUT2D eigenvalue weighted by Crippen LogP contribution is -2.51. The maximum Gasteiger partial charge on any atom is 0.338 e. The number of nitrogens with zero attached hydrogens (tertiary/aromatic N) is 2. The van der Waals surface area contributed by atoms with E-state index in [2.05, 4.69) is 0 Å². The number of benzene rings is 1. The van der Waals surface area contributed by atoms with Gasteiger partial charge in [0.2, 0.25) is 10.0 Å². The zero-order valence-electron chi connectivity index (χ0n) is 18.5. The molecule has 3 atom stereocenters. The van der Waals surface area contributed by atoms with Gasteiger partial charge in [-0.05, 0) is 57.9 Å². The van der Waals surface area contributed by atoms with Gasteiger partial charge in [0.05, 0.1) is 22.7 Å². The van der Waals surface area contributed by atoms with Crippen molar-refractivity contribution in [3.05, 3.63) is 29.8 Å². The molecule has 2 aliphatic heterocycles. The molecule has 1 amide bonds. The number of hydrogen-bond acceptors (Lipinski definition) is 6. The van der Waals surface area contributed by atoms with E-state index in [0.717, 1.165) is 25.7 Å². The molecule has 0 saturated carbocycles. The maximum absolute atomic E-state index is 12.9. The summed E-state index contributed by atoms with van der Waals surface area (Å²) in [5.41, 5.74) is 0.207. The fraction of sp³-hybridized carbons (Fsp3) is 0.636. The van der Waals surface area contributed by atoms with Crippen LogP contribution in [0.3, 0.4) is 0 Å². The van der Waals surface area contributed by atoms with E-state index in [0.29, 0.717) is 26.2 Å². The van der Waals surface area contributed by atoms with Crippen LogP contribution in [0.2, 0.25) is 0 Å². The third kappa shape index (κ3) is 5.84. The minimum Gasteiger partial charge on any atom is -0.449 e. The summed E-state index contributed by atoms with van der Waals surface area (Å²) in [6.45, 7) is 7.28. The van der Waals surface area contributed by atoms with Crippen molar-refractivity contribution in [1.29, 1.82) is 0 Å². The molecule has 172 valence electrons. The quantitative estimate of drug-likeness (QED) is 0.637. The molecule has 3 unspecified atom stereocenters. The van der Waals surface area contributed by atoms with E-state index in [9.17, 15) is 18.0 Å². The van der Waals surface area contributed by atoms with Gasteiger partial charge in [-0.3, -0.25) is 4.79 Å². The SMILES string of the molecule is CC1CN(C(=O)C(C)OC(=O)c2ccc(S(=O)(=O)N3CCCCCC3)cc2)CC(C)O1. The van der Waals surface area contributed by atoms with Crippen molar-refractivity contribution in [3.8, 4) is 0 Å². The molecule has 1 aromatic carbocycles. The van der Waals surface area contributed by atoms with Crippen LogP contribution in [0.1, 0.15) is 56.8 Å². The maximum atomic E-state index is 12.9. The van der Waals surface area contributed by atoms with Crippen LogP contribution in [0.15, 0.2) is 29.2 Å². The summed E-state index contributed by atoms with van der Waals surface area (Å²) >= 11 is 0. The molecule has 0 aliphatic carbocycles. The first kappa shape index (κ1) is 23.7. The van der Waals surface area contributed by atoms with E-state index < -0.39 is 22.1 Å². The molecular weight excluding hydrogens is 420 g/mol. The predicted octanol–water partition coefficient (Wildman–Crippen LogP) is 2.43. The average Bonchev–Trinajstić information content (AvgIpc) is 3.02. The summed E-state index contributed by atoms with van der Waals surface area (Å²) in [4.78, 5) is 27.0. The van der Waals surface area contributed by atoms with Crippen molar-refractivity contribution in [2.45, 2.75) is 69.7 Å². The second kappa shape index (κ2) is 10.1. The van der Waals surface area contributed by atoms with Crippen molar-refractivity contribution < 1.29 is 27.5 Å². The Kier molecular flexibility index (Phi) is 7.72. The number of rotatable bonds is 5. The minimum atomic E-state index is -3.58. The Morgan fingerprint density at radius 2 is 1.55 bits per heavy atom. The monoisotopic (exact) mass is 452 g/mol. The number of carbonyl (C=O) groups is 2. The normalized spacial score (nSPS) is 24.3. The third-order valence-corrected chi connectivity index (χ3v) is 7.57. The number of hydrogen-bond donors (Lipinski definition) is 0. The van der Waals surface area contributed by atoms with Crippen LogP contribution in [-0.2, 0) is 24.3 Å². The number of carbonyl (C=O) groups excluding carboxylic acids is 2. The smallest absolute Gasteiger partial charge is 0.338 e. The number of morpholine rings is 1. The van der Waals surface area contributed by atoms with Gasteiger partial charge in [0.25, 0.3) is 5.91 Å². The highest BCUT2D eigenvalue weighted by molar-refractivity contribution is 7.89. The van der Waals surface area contributed by atoms with E-state index in [1.165, 1.54) is 28.6 Å². The summed E-state index contributed by atoms with van der Waals surface area (Å²) in [6.07, 6.45) is 2.70. The number of esters is 1. The molecule has 2 saturated heterocycles. The molecular formula is C22H32N2O6S. The molecule has 2 aliphatic rings. The first-order valence-corrected chi connectivity index (χ1v) is 12.4. The van der Waals surface area contributed by atoms with Crippen molar-refractivity contribution in [2.24, 2.45) is 0 Å². The third-order valence-electron chi connectivity index (χ3n) is 5.66. The lowest BCUT2D eigenvalue weighted by atomic mass is 10.2. The molecule has 2 fully saturated rings. The Hall–Kier alpha value is -1.97. The zero-order valence-corrected chi connectivity index (χ0v) is 19.3. The fourth-order valence-electron chi connectivity index (χ4n) is 4.09. The van der Waals surface area contributed by atoms with Crippen LogP contribution in [0.25, 0.3) is 0 Å². The summed E-state index contributed by atoms with van der Waals surface area (Å²) in [5.74, 6) is -0.926. The molecule has 0 spiro atoms. The standard InChI is InChI=1S/C22H32N2O6S/c1-16-14-23(15-17(2)29-16)21(25)18(3)30-22(26)19-8-10-20(11-9-19)31(27,28)24-12-6-4-5-7-13-24/h8-11,16-18H,4-7,12-15H2,1-3H3. The second-order valence-electron chi connectivity index (χ2n) is 8.39. The Balaban J connectivity index is 1.62. The van der Waals surface area contributed by atoms with Crippen LogP contribution < -0.4 is 0 Å². The fourth-order valence-corrected chi connectivity index (χ4v) is 5.61. The summed E-state index contributed by atoms with van der Waals surface area (Å²) in [6, 6.07) is 5.72. The van der Waals surface area contributed by atoms with Gasteiger partial charge in [-0.25, -0.2) is 13.2 Å². The molecule has 3 rings (SSSR count). The van der Waals surface area contributed by atoms with Crippen LogP contribution in [-0.4, -0.2) is 74.0 Å². The van der Waals surface area contributed by atoms with Gasteiger partial charge in [-0.2, -0.15) is 4.31 Å². The lowest BCUT2D eigenvalue weighted by Gasteiger charge is -2.36. The largest absolute Gasteiger partial charge is 0.449 e. The van der Waals surface area contributed by atoms with Crippen molar-refractivity contribution in [2.75, 3.05) is 26.2 Å². The van der Waals surface area contributed by atoms with E-state index >= 15 is 0 Å². The van der Waals surface area contributed by atoms with Crippen molar-refractivity contribution >= 4 is 21.9 Å². The molecule has 0 bridgehead atoms. The summed E-state index contributed by atoms with van der Waals surface area (Å²) < 4.78 is 38.2. The lowest BCUT2D eigenvalue weighted by molar-refractivity contribution is -0.151. The molecule has 2 heterocycles. The van der Waals surface area contributed by atoms with Crippen LogP contribution in [0, 0.1) is 0 Å². The van der Waals surface area contributed by atoms with Crippen molar-refractivity contribution in [1.82, 2.24) is 9.21 Å². The van der Waals surface area contributed by atoms with E-state index in [-0.39, 0.29) is 28.6 Å². The van der Waals surface area contributed by atoms with Gasteiger partial charge in [-0.15, -0.1) is 0 Å². The Bertz CT molecular complexity index is 868. The van der Waals surface area contributed by atoms with Gasteiger partial charge >= 0.3 is 5.97 Å². The number of amides is 1. The molecule has 1 aromatic rings. The molecule has 9 heteroatoms. The Morgan fingerprint density at radius 1 is 1.00 bits per heavy atom. The molecule has 0 aromatic heterocycles. The van der Waals surface area contributed by atoms with Crippen LogP contribution in [0.5, 0.6) is 0 Å². The molecule has 0 N–H and O–H groups in total. The van der Waals surface area contributed by atoms with Gasteiger partial charge in [-0.1, -0.05) is 12.8 Å². The number of ether oxygens (including phenoxy) is 2. The highest BCUT2D eigenvalue weighted by Crippen LogP contribution is 2.21. The van der Waals surface area contributed by atoms with Crippen LogP contribution >= 0.6 is 0 Å². The van der Waals surface area contributed by atoms with E-state index in [4.69, 9.17) is 9.47 Å². The second-order valence-corrected chi connectivity index (χ2v) is 10.3. The number of sulfonamides is 1. The molecule has 8 nitrogen and oxygen atoms in total. The minimum absolute atomic E-state index is 0.0747. The van der Waals surface area contributed by atoms with E-state index in [1.807, 2.05) is 13.8 Å². The zero-order chi connectivity index (χ0) is 22.6.